The van der Waals surface area contributed by atoms with Gasteiger partial charge in [0.1, 0.15) is 23.5 Å². The number of aromatic nitrogens is 5. The molecule has 0 atom stereocenters. The molecule has 0 aliphatic rings. The van der Waals surface area contributed by atoms with Crippen LogP contribution in [0.3, 0.4) is 0 Å². The average Bonchev–Trinajstić information content (AvgIpc) is 3.41. The Kier molecular flexibility index (Phi) is 10.1. The molecule has 0 saturated carbocycles. The highest BCUT2D eigenvalue weighted by molar-refractivity contribution is 6.05. The Hall–Kier alpha value is -5.04. The molecule has 0 unspecified atom stereocenters. The van der Waals surface area contributed by atoms with Crippen LogP contribution in [0.5, 0.6) is 0 Å². The number of hydrogen-bond donors (Lipinski definition) is 3. The van der Waals surface area contributed by atoms with E-state index in [1.165, 1.54) is 18.5 Å². The average molecular weight is 632 g/mol. The molecule has 0 saturated heterocycles. The number of nitrogens with one attached hydrogen (secondary N) is 3. The summed E-state index contributed by atoms with van der Waals surface area (Å²) >= 11 is 0. The Morgan fingerprint density at radius 1 is 0.957 bits per heavy atom. The topological polar surface area (TPSA) is 113 Å². The van der Waals surface area contributed by atoms with Gasteiger partial charge in [-0.05, 0) is 87.4 Å². The van der Waals surface area contributed by atoms with Gasteiger partial charge in [-0.2, -0.15) is 13.2 Å². The monoisotopic (exact) mass is 631 g/mol. The van der Waals surface area contributed by atoms with Crippen LogP contribution in [-0.2, 0) is 6.18 Å². The van der Waals surface area contributed by atoms with Crippen LogP contribution in [-0.4, -0.2) is 61.5 Å². The molecule has 0 spiro atoms. The molecule has 5 rings (SSSR count). The predicted octanol–water partition coefficient (Wildman–Crippen LogP) is 7.07. The number of carbonyl (C=O) groups is 1. The van der Waals surface area contributed by atoms with Crippen LogP contribution in [0, 0.1) is 6.92 Å². The van der Waals surface area contributed by atoms with Crippen LogP contribution in [0.4, 0.5) is 36.3 Å². The summed E-state index contributed by atoms with van der Waals surface area (Å²) in [4.78, 5) is 33.7. The van der Waals surface area contributed by atoms with Gasteiger partial charge in [0.2, 0.25) is 5.95 Å². The van der Waals surface area contributed by atoms with E-state index in [-0.39, 0.29) is 11.3 Å². The third-order valence-electron chi connectivity index (χ3n) is 7.59. The highest BCUT2D eigenvalue weighted by Crippen LogP contribution is 2.31. The molecule has 0 bridgehead atoms. The summed E-state index contributed by atoms with van der Waals surface area (Å²) in [7, 11) is 0. The van der Waals surface area contributed by atoms with Crippen molar-refractivity contribution in [2.24, 2.45) is 0 Å². The van der Waals surface area contributed by atoms with Gasteiger partial charge < -0.3 is 20.9 Å². The smallest absolute Gasteiger partial charge is 0.370 e. The van der Waals surface area contributed by atoms with Crippen molar-refractivity contribution in [3.63, 3.8) is 0 Å². The van der Waals surface area contributed by atoms with E-state index in [9.17, 15) is 18.0 Å². The van der Waals surface area contributed by atoms with Gasteiger partial charge >= 0.3 is 6.18 Å². The summed E-state index contributed by atoms with van der Waals surface area (Å²) in [6.45, 7) is 10.1. The number of imidazole rings is 1. The van der Waals surface area contributed by atoms with E-state index >= 15 is 0 Å². The number of nitrogens with zero attached hydrogens (tertiary/aromatic N) is 6. The second-order valence-electron chi connectivity index (χ2n) is 10.7. The summed E-state index contributed by atoms with van der Waals surface area (Å²) < 4.78 is 41.3. The second-order valence-corrected chi connectivity index (χ2v) is 10.7. The molecule has 0 aliphatic heterocycles. The molecule has 0 fully saturated rings. The molecular weight excluding hydrogens is 595 g/mol. The SMILES string of the molecule is CCN(CC)CCCCNc1cc(-n2c(Nc3cc(C(=O)Nc4cccc(C(F)(F)F)c4)ccc3C)nc3cccnc32)ncn1. The number of halogens is 3. The van der Waals surface area contributed by atoms with Crippen LogP contribution >= 0.6 is 0 Å². The van der Waals surface area contributed by atoms with Crippen LogP contribution < -0.4 is 16.0 Å². The van der Waals surface area contributed by atoms with Gasteiger partial charge in [-0.15, -0.1) is 0 Å². The van der Waals surface area contributed by atoms with Crippen molar-refractivity contribution in [2.45, 2.75) is 39.8 Å². The highest BCUT2D eigenvalue weighted by Gasteiger charge is 2.30. The van der Waals surface area contributed by atoms with Gasteiger partial charge in [0, 0.05) is 35.7 Å². The number of amides is 1. The molecule has 0 aliphatic carbocycles. The number of rotatable bonds is 13. The quantitative estimate of drug-likeness (QED) is 0.118. The number of aryl methyl sites for hydroxylation is 1. The van der Waals surface area contributed by atoms with E-state index < -0.39 is 17.6 Å². The fraction of sp³-hybridized carbons (Fsp3) is 0.303. The summed E-state index contributed by atoms with van der Waals surface area (Å²) in [6, 6.07) is 15.0. The summed E-state index contributed by atoms with van der Waals surface area (Å²) in [5.74, 6) is 1.07. The first-order valence-corrected chi connectivity index (χ1v) is 15.1. The Balaban J connectivity index is 1.37. The maximum Gasteiger partial charge on any atom is 0.416 e. The first-order chi connectivity index (χ1) is 22.2. The minimum absolute atomic E-state index is 0.0415. The number of hydrogen-bond acceptors (Lipinski definition) is 8. The van der Waals surface area contributed by atoms with Crippen LogP contribution in [0.15, 0.2) is 73.2 Å². The molecule has 1 amide bonds. The molecule has 2 aromatic carbocycles. The van der Waals surface area contributed by atoms with Crippen LogP contribution in [0.25, 0.3) is 17.0 Å². The molecule has 0 radical (unpaired) electrons. The number of anilines is 4. The van der Waals surface area contributed by atoms with E-state index in [4.69, 9.17) is 4.98 Å². The third-order valence-corrected chi connectivity index (χ3v) is 7.59. The van der Waals surface area contributed by atoms with E-state index in [1.807, 2.05) is 19.1 Å². The van der Waals surface area contributed by atoms with Gasteiger partial charge in [0.05, 0.1) is 5.56 Å². The van der Waals surface area contributed by atoms with E-state index in [1.54, 1.807) is 35.0 Å². The molecule has 5 aromatic rings. The van der Waals surface area contributed by atoms with Crippen molar-refractivity contribution < 1.29 is 18.0 Å². The minimum atomic E-state index is -4.52. The summed E-state index contributed by atoms with van der Waals surface area (Å²) in [5, 5.41) is 9.26. The van der Waals surface area contributed by atoms with Crippen molar-refractivity contribution in [1.82, 2.24) is 29.4 Å². The molecule has 3 heterocycles. The largest absolute Gasteiger partial charge is 0.416 e. The van der Waals surface area contributed by atoms with Crippen molar-refractivity contribution in [3.8, 4) is 5.82 Å². The Morgan fingerprint density at radius 2 is 1.78 bits per heavy atom. The summed E-state index contributed by atoms with van der Waals surface area (Å²) in [6.07, 6.45) is 0.705. The molecule has 46 heavy (non-hydrogen) atoms. The van der Waals surface area contributed by atoms with Crippen LogP contribution in [0.2, 0.25) is 0 Å². The lowest BCUT2D eigenvalue weighted by atomic mass is 10.1. The number of alkyl halides is 3. The van der Waals surface area contributed by atoms with E-state index in [0.29, 0.717) is 34.4 Å². The number of benzene rings is 2. The molecule has 13 heteroatoms. The molecule has 240 valence electrons. The zero-order valence-electron chi connectivity index (χ0n) is 25.9. The zero-order chi connectivity index (χ0) is 32.7. The molecular formula is C33H36F3N9O. The number of pyridine rings is 1. The van der Waals surface area contributed by atoms with Crippen molar-refractivity contribution in [3.05, 3.63) is 89.9 Å². The molecule has 10 nitrogen and oxygen atoms in total. The first kappa shape index (κ1) is 32.4. The lowest BCUT2D eigenvalue weighted by molar-refractivity contribution is -0.137. The first-order valence-electron chi connectivity index (χ1n) is 15.1. The van der Waals surface area contributed by atoms with Crippen LogP contribution in [0.1, 0.15) is 48.2 Å². The van der Waals surface area contributed by atoms with E-state index in [0.717, 1.165) is 56.7 Å². The fourth-order valence-electron chi connectivity index (χ4n) is 4.99. The Bertz CT molecular complexity index is 1800. The Labute approximate surface area is 265 Å². The van der Waals surface area contributed by atoms with Crippen molar-refractivity contribution in [2.75, 3.05) is 42.1 Å². The lowest BCUT2D eigenvalue weighted by Crippen LogP contribution is -2.24. The van der Waals surface area contributed by atoms with Crippen molar-refractivity contribution in [1.29, 1.82) is 0 Å². The maximum absolute atomic E-state index is 13.2. The van der Waals surface area contributed by atoms with Crippen molar-refractivity contribution >= 4 is 40.2 Å². The standard InChI is InChI=1S/C33H36F3N9O/c1-4-44(5-2)17-7-6-15-37-28-20-29(40-21-39-28)45-30-26(12-9-16-38-30)42-32(45)43-27-18-23(14-13-22(27)3)31(46)41-25-11-8-10-24(19-25)33(34,35)36/h8-14,16,18-21H,4-7,15,17H2,1-3H3,(H,41,46)(H,42,43)(H,37,39,40). The molecule has 3 aromatic heterocycles. The third kappa shape index (κ3) is 7.78. The highest BCUT2D eigenvalue weighted by atomic mass is 19.4. The number of carbonyl (C=O) groups excluding carboxylic acids is 1. The van der Waals surface area contributed by atoms with Gasteiger partial charge in [-0.25, -0.2) is 24.5 Å². The zero-order valence-corrected chi connectivity index (χ0v) is 25.9. The molecule has 3 N–H and O–H groups in total. The minimum Gasteiger partial charge on any atom is -0.370 e. The van der Waals surface area contributed by atoms with Gasteiger partial charge in [0.15, 0.2) is 5.65 Å². The fourth-order valence-corrected chi connectivity index (χ4v) is 4.99. The van der Waals surface area contributed by atoms with Gasteiger partial charge in [0.25, 0.3) is 5.91 Å². The maximum atomic E-state index is 13.2. The van der Waals surface area contributed by atoms with E-state index in [2.05, 4.69) is 49.6 Å². The Morgan fingerprint density at radius 3 is 2.57 bits per heavy atom. The summed E-state index contributed by atoms with van der Waals surface area (Å²) in [5.41, 5.74) is 2.05. The predicted molar refractivity (Wildman–Crippen MR) is 174 cm³/mol. The normalized spacial score (nSPS) is 11.6. The van der Waals surface area contributed by atoms with Gasteiger partial charge in [-0.1, -0.05) is 26.0 Å². The number of unbranched alkanes of at least 4 members (excludes halogenated alkanes) is 1. The number of fused-ring (bicyclic) bond motifs is 1. The van der Waals surface area contributed by atoms with Gasteiger partial charge in [-0.3, -0.25) is 4.79 Å². The lowest BCUT2D eigenvalue weighted by Gasteiger charge is -2.17. The second kappa shape index (κ2) is 14.4.